The summed E-state index contributed by atoms with van der Waals surface area (Å²) in [6.07, 6.45) is 0.708. The third kappa shape index (κ3) is 2.86. The van der Waals surface area contributed by atoms with Gasteiger partial charge in [-0.3, -0.25) is 4.79 Å². The van der Waals surface area contributed by atoms with Crippen LogP contribution < -0.4 is 9.47 Å². The van der Waals surface area contributed by atoms with Gasteiger partial charge in [-0.25, -0.2) is 0 Å². The van der Waals surface area contributed by atoms with Gasteiger partial charge in [0.15, 0.2) is 17.8 Å². The minimum atomic E-state index is 0.410. The Morgan fingerprint density at radius 3 is 2.47 bits per heavy atom. The fourth-order valence-corrected chi connectivity index (χ4v) is 1.45. The van der Waals surface area contributed by atoms with Crippen molar-refractivity contribution in [3.8, 4) is 11.5 Å². The van der Waals surface area contributed by atoms with Crippen LogP contribution in [0.3, 0.4) is 0 Å². The molecule has 0 amide bonds. The number of ether oxygens (including phenoxy) is 2. The summed E-state index contributed by atoms with van der Waals surface area (Å²) < 4.78 is 10.7. The Hall–Kier alpha value is -1.22. The summed E-state index contributed by atoms with van der Waals surface area (Å²) in [7, 11) is 0. The Morgan fingerprint density at radius 1 is 1.27 bits per heavy atom. The Kier molecular flexibility index (Phi) is 4.43. The van der Waals surface area contributed by atoms with Crippen molar-refractivity contribution < 1.29 is 14.3 Å². The maximum Gasteiger partial charge on any atom is 0.171 e. The largest absolute Gasteiger partial charge is 0.490 e. The van der Waals surface area contributed by atoms with Crippen LogP contribution in [0.1, 0.15) is 24.2 Å². The first-order chi connectivity index (χ1) is 7.22. The van der Waals surface area contributed by atoms with Gasteiger partial charge in [-0.15, -0.1) is 0 Å². The number of hydrogen-bond acceptors (Lipinski definition) is 3. The van der Waals surface area contributed by atoms with Gasteiger partial charge in [0.2, 0.25) is 0 Å². The highest BCUT2D eigenvalue weighted by Gasteiger charge is 2.12. The maximum atomic E-state index is 10.8. The van der Waals surface area contributed by atoms with E-state index in [0.717, 1.165) is 0 Å². The Balaban J connectivity index is 3.19. The summed E-state index contributed by atoms with van der Waals surface area (Å²) in [5.41, 5.74) is 0.410. The van der Waals surface area contributed by atoms with Gasteiger partial charge in [-0.2, -0.15) is 0 Å². The van der Waals surface area contributed by atoms with Crippen LogP contribution in [-0.2, 0) is 0 Å². The molecule has 1 aromatic rings. The molecule has 0 saturated carbocycles. The lowest BCUT2D eigenvalue weighted by molar-refractivity contribution is 0.111. The van der Waals surface area contributed by atoms with E-state index in [-0.39, 0.29) is 0 Å². The van der Waals surface area contributed by atoms with Gasteiger partial charge in [0.25, 0.3) is 0 Å². The van der Waals surface area contributed by atoms with E-state index in [1.165, 1.54) is 0 Å². The van der Waals surface area contributed by atoms with E-state index in [4.69, 9.17) is 21.1 Å². The molecule has 3 nitrogen and oxygen atoms in total. The Labute approximate surface area is 93.9 Å². The zero-order valence-electron chi connectivity index (χ0n) is 8.75. The summed E-state index contributed by atoms with van der Waals surface area (Å²) >= 11 is 5.84. The van der Waals surface area contributed by atoms with Gasteiger partial charge in [0.1, 0.15) is 0 Å². The number of hydrogen-bond donors (Lipinski definition) is 0. The molecule has 0 aromatic heterocycles. The molecule has 0 radical (unpaired) electrons. The molecule has 0 aliphatic rings. The predicted octanol–water partition coefficient (Wildman–Crippen LogP) is 2.95. The molecule has 0 saturated heterocycles. The molecule has 0 unspecified atom stereocenters. The quantitative estimate of drug-likeness (QED) is 0.727. The summed E-state index contributed by atoms with van der Waals surface area (Å²) in [5, 5.41) is 0.462. The minimum Gasteiger partial charge on any atom is -0.490 e. The van der Waals surface area contributed by atoms with Crippen molar-refractivity contribution in [2.24, 2.45) is 0 Å². The lowest BCUT2D eigenvalue weighted by atomic mass is 10.2. The second-order valence-corrected chi connectivity index (χ2v) is 3.24. The molecule has 4 heteroatoms. The number of halogens is 1. The van der Waals surface area contributed by atoms with Gasteiger partial charge < -0.3 is 9.47 Å². The van der Waals surface area contributed by atoms with Crippen molar-refractivity contribution in [3.63, 3.8) is 0 Å². The molecule has 0 fully saturated rings. The zero-order chi connectivity index (χ0) is 11.3. The zero-order valence-corrected chi connectivity index (χ0v) is 9.50. The Morgan fingerprint density at radius 2 is 1.93 bits per heavy atom. The van der Waals surface area contributed by atoms with Crippen LogP contribution >= 0.6 is 11.6 Å². The van der Waals surface area contributed by atoms with Crippen LogP contribution in [0.4, 0.5) is 0 Å². The first-order valence-electron chi connectivity index (χ1n) is 4.77. The molecule has 0 aliphatic carbocycles. The SMILES string of the molecule is CCOc1cc(Cl)cc(C=O)c1OCC. The van der Waals surface area contributed by atoms with Gasteiger partial charge in [0.05, 0.1) is 18.8 Å². The van der Waals surface area contributed by atoms with E-state index in [9.17, 15) is 4.79 Å². The molecular formula is C11H13ClO3. The monoisotopic (exact) mass is 228 g/mol. The normalized spacial score (nSPS) is 9.80. The number of carbonyl (C=O) groups excluding carboxylic acids is 1. The number of carbonyl (C=O) groups is 1. The molecule has 0 aliphatic heterocycles. The average Bonchev–Trinajstić information content (AvgIpc) is 2.22. The van der Waals surface area contributed by atoms with Gasteiger partial charge in [-0.05, 0) is 19.9 Å². The maximum absolute atomic E-state index is 10.8. The summed E-state index contributed by atoms with van der Waals surface area (Å²) in [4.78, 5) is 10.8. The third-order valence-corrected chi connectivity index (χ3v) is 1.98. The summed E-state index contributed by atoms with van der Waals surface area (Å²) in [6, 6.07) is 3.20. The van der Waals surface area contributed by atoms with Crippen LogP contribution in [0.25, 0.3) is 0 Å². The van der Waals surface area contributed by atoms with Crippen LogP contribution in [0.2, 0.25) is 5.02 Å². The second-order valence-electron chi connectivity index (χ2n) is 2.81. The molecule has 0 N–H and O–H groups in total. The molecule has 1 aromatic carbocycles. The van der Waals surface area contributed by atoms with E-state index in [2.05, 4.69) is 0 Å². The van der Waals surface area contributed by atoms with E-state index >= 15 is 0 Å². The molecule has 0 atom stereocenters. The van der Waals surface area contributed by atoms with Gasteiger partial charge >= 0.3 is 0 Å². The highest BCUT2D eigenvalue weighted by atomic mass is 35.5. The van der Waals surface area contributed by atoms with E-state index in [1.807, 2.05) is 13.8 Å². The third-order valence-electron chi connectivity index (χ3n) is 1.76. The number of benzene rings is 1. The topological polar surface area (TPSA) is 35.5 Å². The molecule has 0 heterocycles. The van der Waals surface area contributed by atoms with E-state index in [1.54, 1.807) is 12.1 Å². The minimum absolute atomic E-state index is 0.410. The molecule has 82 valence electrons. The van der Waals surface area contributed by atoms with Crippen molar-refractivity contribution in [1.82, 2.24) is 0 Å². The van der Waals surface area contributed by atoms with E-state index < -0.39 is 0 Å². The van der Waals surface area contributed by atoms with Crippen LogP contribution in [0.5, 0.6) is 11.5 Å². The lowest BCUT2D eigenvalue weighted by Gasteiger charge is -2.12. The highest BCUT2D eigenvalue weighted by molar-refractivity contribution is 6.31. The first-order valence-corrected chi connectivity index (χ1v) is 5.15. The molecule has 0 bridgehead atoms. The first kappa shape index (κ1) is 11.9. The van der Waals surface area contributed by atoms with Crippen molar-refractivity contribution in [1.29, 1.82) is 0 Å². The number of rotatable bonds is 5. The van der Waals surface area contributed by atoms with Crippen molar-refractivity contribution in [2.75, 3.05) is 13.2 Å². The van der Waals surface area contributed by atoms with Crippen molar-refractivity contribution in [3.05, 3.63) is 22.7 Å². The number of aldehydes is 1. The van der Waals surface area contributed by atoms with Crippen LogP contribution in [0.15, 0.2) is 12.1 Å². The molecule has 1 rings (SSSR count). The van der Waals surface area contributed by atoms with Gasteiger partial charge in [0, 0.05) is 11.1 Å². The van der Waals surface area contributed by atoms with Crippen LogP contribution in [0, 0.1) is 0 Å². The lowest BCUT2D eigenvalue weighted by Crippen LogP contribution is -2.01. The van der Waals surface area contributed by atoms with Crippen molar-refractivity contribution in [2.45, 2.75) is 13.8 Å². The van der Waals surface area contributed by atoms with Gasteiger partial charge in [-0.1, -0.05) is 11.6 Å². The molecular weight excluding hydrogens is 216 g/mol. The summed E-state index contributed by atoms with van der Waals surface area (Å²) in [5.74, 6) is 0.965. The standard InChI is InChI=1S/C11H13ClO3/c1-3-14-10-6-9(12)5-8(7-13)11(10)15-4-2/h5-7H,3-4H2,1-2H3. The van der Waals surface area contributed by atoms with E-state index in [0.29, 0.717) is 41.6 Å². The smallest absolute Gasteiger partial charge is 0.171 e. The summed E-state index contributed by atoms with van der Waals surface area (Å²) in [6.45, 7) is 4.68. The fraction of sp³-hybridized carbons (Fsp3) is 0.364. The second kappa shape index (κ2) is 5.61. The van der Waals surface area contributed by atoms with Crippen molar-refractivity contribution >= 4 is 17.9 Å². The Bertz CT molecular complexity index is 350. The van der Waals surface area contributed by atoms with Crippen LogP contribution in [-0.4, -0.2) is 19.5 Å². The predicted molar refractivity (Wildman–Crippen MR) is 59.2 cm³/mol. The highest BCUT2D eigenvalue weighted by Crippen LogP contribution is 2.34. The molecule has 15 heavy (non-hydrogen) atoms. The molecule has 0 spiro atoms. The fourth-order valence-electron chi connectivity index (χ4n) is 1.24. The average molecular weight is 229 g/mol.